The average molecular weight is 430 g/mol. The first kappa shape index (κ1) is 19.6. The fourth-order valence-electron chi connectivity index (χ4n) is 3.17. The average Bonchev–Trinajstić information content (AvgIpc) is 3.28. The van der Waals surface area contributed by atoms with Crippen LogP contribution in [0.4, 0.5) is 0 Å². The minimum Gasteiger partial charge on any atom is -0.335 e. The van der Waals surface area contributed by atoms with Gasteiger partial charge in [-0.3, -0.25) is 9.78 Å². The highest BCUT2D eigenvalue weighted by Gasteiger charge is 2.32. The Morgan fingerprint density at radius 1 is 1.10 bits per heavy atom. The van der Waals surface area contributed by atoms with Gasteiger partial charge in [-0.1, -0.05) is 6.07 Å². The number of aryl methyl sites for hydroxylation is 1. The Morgan fingerprint density at radius 2 is 1.90 bits per heavy atom. The lowest BCUT2D eigenvalue weighted by molar-refractivity contribution is 0.0702. The van der Waals surface area contributed by atoms with Crippen LogP contribution in [0.5, 0.6) is 0 Å². The third-order valence-corrected chi connectivity index (χ3v) is 7.59. The van der Waals surface area contributed by atoms with E-state index in [0.29, 0.717) is 29.5 Å². The van der Waals surface area contributed by atoms with Gasteiger partial charge in [0.25, 0.3) is 5.91 Å². The van der Waals surface area contributed by atoms with Crippen LogP contribution in [0.1, 0.15) is 15.4 Å². The van der Waals surface area contributed by atoms with E-state index in [1.165, 1.54) is 21.8 Å². The number of carbonyl (C=O) groups is 1. The predicted octanol–water partition coefficient (Wildman–Crippen LogP) is 2.06. The lowest BCUT2D eigenvalue weighted by Crippen LogP contribution is -2.50. The Hall–Kier alpha value is -2.69. The molecule has 4 rings (SSSR count). The highest BCUT2D eigenvalue weighted by atomic mass is 32.2. The van der Waals surface area contributed by atoms with Crippen LogP contribution < -0.4 is 0 Å². The summed E-state index contributed by atoms with van der Waals surface area (Å²) in [5.41, 5.74) is 1.11. The Kier molecular flexibility index (Phi) is 5.39. The summed E-state index contributed by atoms with van der Waals surface area (Å²) in [6.07, 6.45) is 4.63. The van der Waals surface area contributed by atoms with Gasteiger partial charge in [0.1, 0.15) is 4.90 Å². The van der Waals surface area contributed by atoms with Crippen LogP contribution in [0.15, 0.2) is 53.1 Å². The van der Waals surface area contributed by atoms with Crippen LogP contribution in [0, 0.1) is 6.92 Å². The molecular weight excluding hydrogens is 410 g/mol. The van der Waals surface area contributed by atoms with Crippen LogP contribution in [0.2, 0.25) is 0 Å². The molecule has 0 atom stereocenters. The number of sulfonamides is 1. The van der Waals surface area contributed by atoms with Gasteiger partial charge < -0.3 is 4.90 Å². The normalized spacial score (nSPS) is 15.4. The number of nitrogens with zero attached hydrogens (tertiary/aromatic N) is 5. The molecule has 0 radical (unpaired) electrons. The summed E-state index contributed by atoms with van der Waals surface area (Å²) >= 11 is 1.39. The molecular formula is C19H19N5O3S2. The van der Waals surface area contributed by atoms with Gasteiger partial charge in [0.15, 0.2) is 5.82 Å². The smallest absolute Gasteiger partial charge is 0.264 e. The minimum atomic E-state index is -3.74. The molecule has 1 aliphatic rings. The molecule has 0 unspecified atom stereocenters. The molecule has 0 aromatic carbocycles. The zero-order valence-electron chi connectivity index (χ0n) is 15.7. The third kappa shape index (κ3) is 3.91. The molecule has 0 bridgehead atoms. The standard InChI is InChI=1S/C19H19N5O3S2/c1-14-17(13-21-18(22-14)15-4-2-6-20-12-15)29(26,27)24-9-7-23(8-10-24)19(25)16-5-3-11-28-16/h2-6,11-13H,7-10H2,1H3. The molecule has 3 aromatic rings. The number of carbonyl (C=O) groups excluding carboxylic acids is 1. The molecule has 1 amide bonds. The van der Waals surface area contributed by atoms with Crippen molar-refractivity contribution in [2.24, 2.45) is 0 Å². The number of aromatic nitrogens is 3. The highest BCUT2D eigenvalue weighted by molar-refractivity contribution is 7.89. The van der Waals surface area contributed by atoms with Crippen LogP contribution in [0.3, 0.4) is 0 Å². The maximum absolute atomic E-state index is 13.1. The van der Waals surface area contributed by atoms with E-state index in [9.17, 15) is 13.2 Å². The summed E-state index contributed by atoms with van der Waals surface area (Å²) in [6.45, 7) is 2.84. The molecule has 8 nitrogen and oxygen atoms in total. The largest absolute Gasteiger partial charge is 0.335 e. The van der Waals surface area contributed by atoms with Crippen LogP contribution in [-0.4, -0.2) is 64.7 Å². The lowest BCUT2D eigenvalue weighted by atomic mass is 10.2. The van der Waals surface area contributed by atoms with E-state index in [4.69, 9.17) is 0 Å². The number of thiophene rings is 1. The summed E-state index contributed by atoms with van der Waals surface area (Å²) in [5, 5.41) is 1.85. The zero-order valence-corrected chi connectivity index (χ0v) is 17.4. The molecule has 0 aliphatic carbocycles. The monoisotopic (exact) mass is 429 g/mol. The summed E-state index contributed by atoms with van der Waals surface area (Å²) in [6, 6.07) is 7.20. The maximum Gasteiger partial charge on any atom is 0.264 e. The maximum atomic E-state index is 13.1. The van der Waals surface area contributed by atoms with Gasteiger partial charge in [-0.2, -0.15) is 4.31 Å². The molecule has 4 heterocycles. The van der Waals surface area contributed by atoms with Gasteiger partial charge in [-0.15, -0.1) is 11.3 Å². The summed E-state index contributed by atoms with van der Waals surface area (Å²) in [4.78, 5) is 27.5. The Balaban J connectivity index is 1.50. The van der Waals surface area contributed by atoms with Crippen molar-refractivity contribution in [2.45, 2.75) is 11.8 Å². The SMILES string of the molecule is Cc1nc(-c2cccnc2)ncc1S(=O)(=O)N1CCN(C(=O)c2cccs2)CC1. The van der Waals surface area contributed by atoms with Crippen LogP contribution in [-0.2, 0) is 10.0 Å². The van der Waals surface area contributed by atoms with Crippen molar-refractivity contribution in [3.63, 3.8) is 0 Å². The molecule has 0 saturated carbocycles. The van der Waals surface area contributed by atoms with Gasteiger partial charge in [0.05, 0.1) is 16.8 Å². The second-order valence-electron chi connectivity index (χ2n) is 6.56. The molecule has 1 fully saturated rings. The number of rotatable bonds is 4. The van der Waals surface area contributed by atoms with E-state index < -0.39 is 10.0 Å². The molecule has 0 spiro atoms. The Morgan fingerprint density at radius 3 is 2.52 bits per heavy atom. The third-order valence-electron chi connectivity index (χ3n) is 4.73. The van der Waals surface area contributed by atoms with Crippen molar-refractivity contribution < 1.29 is 13.2 Å². The fourth-order valence-corrected chi connectivity index (χ4v) is 5.39. The number of hydrogen-bond donors (Lipinski definition) is 0. The van der Waals surface area contributed by atoms with Gasteiger partial charge >= 0.3 is 0 Å². The van der Waals surface area contributed by atoms with Crippen LogP contribution >= 0.6 is 11.3 Å². The second-order valence-corrected chi connectivity index (χ2v) is 9.41. The van der Waals surface area contributed by atoms with Crippen molar-refractivity contribution >= 4 is 27.3 Å². The van der Waals surface area contributed by atoms with E-state index in [0.717, 1.165) is 5.56 Å². The predicted molar refractivity (Wildman–Crippen MR) is 109 cm³/mol. The lowest BCUT2D eigenvalue weighted by Gasteiger charge is -2.33. The number of piperazine rings is 1. The van der Waals surface area contributed by atoms with Gasteiger partial charge in [0.2, 0.25) is 10.0 Å². The molecule has 29 heavy (non-hydrogen) atoms. The molecule has 3 aromatic heterocycles. The Labute approximate surface area is 172 Å². The van der Waals surface area contributed by atoms with E-state index in [1.807, 2.05) is 17.5 Å². The quantitative estimate of drug-likeness (QED) is 0.630. The zero-order chi connectivity index (χ0) is 20.4. The van der Waals surface area contributed by atoms with Gasteiger partial charge in [0, 0.05) is 44.1 Å². The second kappa shape index (κ2) is 7.97. The molecule has 0 N–H and O–H groups in total. The first-order valence-electron chi connectivity index (χ1n) is 9.04. The minimum absolute atomic E-state index is 0.0580. The van der Waals surface area contributed by atoms with Crippen molar-refractivity contribution in [3.05, 3.63) is 58.8 Å². The topological polar surface area (TPSA) is 96.4 Å². The van der Waals surface area contributed by atoms with Crippen molar-refractivity contribution in [1.82, 2.24) is 24.2 Å². The van der Waals surface area contributed by atoms with Crippen molar-refractivity contribution in [1.29, 1.82) is 0 Å². The molecule has 1 saturated heterocycles. The van der Waals surface area contributed by atoms with Crippen molar-refractivity contribution in [3.8, 4) is 11.4 Å². The first-order chi connectivity index (χ1) is 14.0. The summed E-state index contributed by atoms with van der Waals surface area (Å²) in [5.74, 6) is 0.373. The summed E-state index contributed by atoms with van der Waals surface area (Å²) < 4.78 is 27.6. The van der Waals surface area contributed by atoms with E-state index in [1.54, 1.807) is 36.4 Å². The molecule has 150 valence electrons. The first-order valence-corrected chi connectivity index (χ1v) is 11.4. The van der Waals surface area contributed by atoms with Gasteiger partial charge in [-0.05, 0) is 30.5 Å². The van der Waals surface area contributed by atoms with E-state index in [2.05, 4.69) is 15.0 Å². The van der Waals surface area contributed by atoms with Gasteiger partial charge in [-0.25, -0.2) is 18.4 Å². The number of hydrogen-bond acceptors (Lipinski definition) is 7. The number of pyridine rings is 1. The Bertz CT molecular complexity index is 1110. The summed E-state index contributed by atoms with van der Waals surface area (Å²) in [7, 11) is -3.74. The van der Waals surface area contributed by atoms with Crippen LogP contribution in [0.25, 0.3) is 11.4 Å². The fraction of sp³-hybridized carbons (Fsp3) is 0.263. The highest BCUT2D eigenvalue weighted by Crippen LogP contribution is 2.23. The number of amides is 1. The molecule has 10 heteroatoms. The van der Waals surface area contributed by atoms with E-state index >= 15 is 0 Å². The van der Waals surface area contributed by atoms with Crippen molar-refractivity contribution in [2.75, 3.05) is 26.2 Å². The van der Waals surface area contributed by atoms with E-state index in [-0.39, 0.29) is 23.9 Å². The molecule has 1 aliphatic heterocycles.